The van der Waals surface area contributed by atoms with E-state index in [-0.39, 0.29) is 24.2 Å². The molecule has 32 heavy (non-hydrogen) atoms. The Kier molecular flexibility index (Phi) is 7.48. The number of hydrogen-bond donors (Lipinski definition) is 1. The number of alkyl carbamates (subject to hydrolysis) is 1. The van der Waals surface area contributed by atoms with E-state index < -0.39 is 11.7 Å². The molecule has 1 atom stereocenters. The van der Waals surface area contributed by atoms with Crippen molar-refractivity contribution in [3.05, 3.63) is 35.5 Å². The van der Waals surface area contributed by atoms with Gasteiger partial charge >= 0.3 is 6.09 Å². The summed E-state index contributed by atoms with van der Waals surface area (Å²) in [6.45, 7) is 8.11. The maximum Gasteiger partial charge on any atom is 0.407 e. The maximum absolute atomic E-state index is 13.5. The van der Waals surface area contributed by atoms with Gasteiger partial charge in [0.25, 0.3) is 0 Å². The normalized spacial score (nSPS) is 16.7. The first-order valence-corrected chi connectivity index (χ1v) is 11.0. The van der Waals surface area contributed by atoms with Gasteiger partial charge in [-0.2, -0.15) is 4.98 Å². The lowest BCUT2D eigenvalue weighted by Gasteiger charge is -2.36. The van der Waals surface area contributed by atoms with Gasteiger partial charge in [-0.25, -0.2) is 9.18 Å². The van der Waals surface area contributed by atoms with Crippen LogP contribution in [0.2, 0.25) is 0 Å². The number of nitrogens with one attached hydrogen (secondary N) is 1. The third-order valence-electron chi connectivity index (χ3n) is 5.27. The van der Waals surface area contributed by atoms with Crippen LogP contribution in [0.4, 0.5) is 9.18 Å². The molecule has 9 heteroatoms. The molecule has 2 heterocycles. The van der Waals surface area contributed by atoms with E-state index in [1.165, 1.54) is 6.07 Å². The molecule has 0 bridgehead atoms. The number of aromatic nitrogens is 2. The Morgan fingerprint density at radius 2 is 2.09 bits per heavy atom. The van der Waals surface area contributed by atoms with E-state index in [9.17, 15) is 14.0 Å². The molecule has 0 spiro atoms. The van der Waals surface area contributed by atoms with Gasteiger partial charge < -0.3 is 19.5 Å². The summed E-state index contributed by atoms with van der Waals surface area (Å²) in [6.07, 6.45) is 2.83. The quantitative estimate of drug-likeness (QED) is 0.720. The van der Waals surface area contributed by atoms with E-state index in [0.717, 1.165) is 19.3 Å². The lowest BCUT2D eigenvalue weighted by molar-refractivity contribution is -0.134. The number of benzene rings is 1. The summed E-state index contributed by atoms with van der Waals surface area (Å²) in [5.74, 6) is 0.419. The van der Waals surface area contributed by atoms with Gasteiger partial charge in [-0.15, -0.1) is 0 Å². The van der Waals surface area contributed by atoms with Crippen LogP contribution in [0.15, 0.2) is 22.7 Å². The largest absolute Gasteiger partial charge is 0.444 e. The molecule has 0 aliphatic carbocycles. The predicted octanol–water partition coefficient (Wildman–Crippen LogP) is 4.02. The van der Waals surface area contributed by atoms with Gasteiger partial charge in [0.05, 0.1) is 0 Å². The number of piperidine rings is 1. The second-order valence-corrected chi connectivity index (χ2v) is 9.10. The fraction of sp³-hybridized carbons (Fsp3) is 0.565. The zero-order chi connectivity index (χ0) is 23.3. The summed E-state index contributed by atoms with van der Waals surface area (Å²) in [4.78, 5) is 31.0. The maximum atomic E-state index is 13.5. The van der Waals surface area contributed by atoms with Crippen LogP contribution in [0.25, 0.3) is 11.4 Å². The first-order chi connectivity index (χ1) is 15.1. The highest BCUT2D eigenvalue weighted by atomic mass is 19.1. The van der Waals surface area contributed by atoms with Crippen LogP contribution in [-0.2, 0) is 16.0 Å². The van der Waals surface area contributed by atoms with Crippen molar-refractivity contribution >= 4 is 12.0 Å². The van der Waals surface area contributed by atoms with Crippen LogP contribution in [0.5, 0.6) is 0 Å². The molecule has 3 rings (SSSR count). The van der Waals surface area contributed by atoms with Crippen molar-refractivity contribution in [3.8, 4) is 11.4 Å². The van der Waals surface area contributed by atoms with Crippen LogP contribution >= 0.6 is 0 Å². The summed E-state index contributed by atoms with van der Waals surface area (Å²) < 4.78 is 24.0. The van der Waals surface area contributed by atoms with Gasteiger partial charge in [-0.1, -0.05) is 5.16 Å². The highest BCUT2D eigenvalue weighted by Crippen LogP contribution is 2.21. The third-order valence-corrected chi connectivity index (χ3v) is 5.27. The minimum absolute atomic E-state index is 0.0157. The molecular formula is C23H31FN4O4. The molecule has 174 valence electrons. The first-order valence-electron chi connectivity index (χ1n) is 11.0. The van der Waals surface area contributed by atoms with Crippen LogP contribution in [0.1, 0.15) is 57.9 Å². The summed E-state index contributed by atoms with van der Waals surface area (Å²) in [5, 5.41) is 6.72. The number of amides is 2. The molecule has 1 aromatic heterocycles. The van der Waals surface area contributed by atoms with Crippen LogP contribution in [0, 0.1) is 12.7 Å². The first kappa shape index (κ1) is 23.7. The Morgan fingerprint density at radius 3 is 2.81 bits per heavy atom. The third kappa shape index (κ3) is 6.51. The van der Waals surface area contributed by atoms with Crippen molar-refractivity contribution < 1.29 is 23.2 Å². The number of aryl methyl sites for hydroxylation is 2. The fourth-order valence-corrected chi connectivity index (χ4v) is 3.67. The number of halogens is 1. The molecule has 1 aliphatic heterocycles. The second-order valence-electron chi connectivity index (χ2n) is 9.10. The zero-order valence-electron chi connectivity index (χ0n) is 19.1. The number of carbonyl (C=O) groups is 2. The average Bonchev–Trinajstić information content (AvgIpc) is 3.20. The van der Waals surface area contributed by atoms with Crippen molar-refractivity contribution in [2.24, 2.45) is 0 Å². The molecule has 2 amide bonds. The molecule has 0 radical (unpaired) electrons. The SMILES string of the molecule is Cc1cc(-c2noc(CCC(=O)N3CCCCC3CNC(=O)OC(C)(C)C)n2)ccc1F. The molecular weight excluding hydrogens is 415 g/mol. The van der Waals surface area contributed by atoms with Gasteiger partial charge in [0, 0.05) is 37.5 Å². The molecule has 1 aliphatic rings. The standard InChI is InChI=1S/C23H31FN4O4/c1-15-13-16(8-9-18(15)24)21-26-19(32-27-21)10-11-20(29)28-12-6-5-7-17(28)14-25-22(30)31-23(2,3)4/h8-9,13,17H,5-7,10-12,14H2,1-4H3,(H,25,30). The van der Waals surface area contributed by atoms with Crippen molar-refractivity contribution in [2.75, 3.05) is 13.1 Å². The highest BCUT2D eigenvalue weighted by molar-refractivity contribution is 5.77. The Hall–Kier alpha value is -2.97. The van der Waals surface area contributed by atoms with Gasteiger partial charge in [-0.3, -0.25) is 4.79 Å². The average molecular weight is 447 g/mol. The van der Waals surface area contributed by atoms with E-state index in [2.05, 4.69) is 15.5 Å². The Bertz CT molecular complexity index is 954. The monoisotopic (exact) mass is 446 g/mol. The molecule has 1 unspecified atom stereocenters. The van der Waals surface area contributed by atoms with Gasteiger partial charge in [0.2, 0.25) is 17.6 Å². The Morgan fingerprint density at radius 1 is 1.31 bits per heavy atom. The predicted molar refractivity (Wildman–Crippen MR) is 116 cm³/mol. The van der Waals surface area contributed by atoms with E-state index in [1.807, 2.05) is 25.7 Å². The van der Waals surface area contributed by atoms with Crippen molar-refractivity contribution in [1.82, 2.24) is 20.4 Å². The van der Waals surface area contributed by atoms with Gasteiger partial charge in [0.15, 0.2) is 0 Å². The Balaban J connectivity index is 1.54. The van der Waals surface area contributed by atoms with Crippen molar-refractivity contribution in [1.29, 1.82) is 0 Å². The van der Waals surface area contributed by atoms with Crippen LogP contribution in [-0.4, -0.2) is 51.8 Å². The van der Waals surface area contributed by atoms with Crippen molar-refractivity contribution in [2.45, 2.75) is 71.4 Å². The molecule has 1 saturated heterocycles. The number of carbonyl (C=O) groups excluding carboxylic acids is 2. The minimum Gasteiger partial charge on any atom is -0.444 e. The molecule has 2 aromatic rings. The van der Waals surface area contributed by atoms with E-state index in [4.69, 9.17) is 9.26 Å². The summed E-state index contributed by atoms with van der Waals surface area (Å²) in [7, 11) is 0. The summed E-state index contributed by atoms with van der Waals surface area (Å²) in [5.41, 5.74) is 0.594. The van der Waals surface area contributed by atoms with E-state index in [0.29, 0.717) is 42.4 Å². The summed E-state index contributed by atoms with van der Waals surface area (Å²) >= 11 is 0. The number of hydrogen-bond acceptors (Lipinski definition) is 6. The van der Waals surface area contributed by atoms with E-state index >= 15 is 0 Å². The zero-order valence-corrected chi connectivity index (χ0v) is 19.1. The lowest BCUT2D eigenvalue weighted by atomic mass is 10.0. The number of nitrogens with zero attached hydrogens (tertiary/aromatic N) is 3. The van der Waals surface area contributed by atoms with Crippen molar-refractivity contribution in [3.63, 3.8) is 0 Å². The number of rotatable bonds is 6. The summed E-state index contributed by atoms with van der Waals surface area (Å²) in [6, 6.07) is 4.55. The van der Waals surface area contributed by atoms with Crippen LogP contribution < -0.4 is 5.32 Å². The molecule has 0 saturated carbocycles. The smallest absolute Gasteiger partial charge is 0.407 e. The molecule has 1 N–H and O–H groups in total. The number of ether oxygens (including phenoxy) is 1. The molecule has 1 aromatic carbocycles. The number of likely N-dealkylation sites (tertiary alicyclic amines) is 1. The second kappa shape index (κ2) is 10.1. The Labute approximate surface area is 187 Å². The van der Waals surface area contributed by atoms with Gasteiger partial charge in [0.1, 0.15) is 11.4 Å². The van der Waals surface area contributed by atoms with Gasteiger partial charge in [-0.05, 0) is 70.7 Å². The fourth-order valence-electron chi connectivity index (χ4n) is 3.67. The minimum atomic E-state index is -0.568. The van der Waals surface area contributed by atoms with E-state index in [1.54, 1.807) is 19.1 Å². The molecule has 1 fully saturated rings. The lowest BCUT2D eigenvalue weighted by Crippen LogP contribution is -2.50. The molecule has 8 nitrogen and oxygen atoms in total. The topological polar surface area (TPSA) is 97.6 Å². The highest BCUT2D eigenvalue weighted by Gasteiger charge is 2.28. The van der Waals surface area contributed by atoms with Crippen LogP contribution in [0.3, 0.4) is 0 Å².